The van der Waals surface area contributed by atoms with E-state index >= 15 is 0 Å². The molecule has 3 aliphatic rings. The van der Waals surface area contributed by atoms with Gasteiger partial charge in [-0.05, 0) is 68.7 Å². The van der Waals surface area contributed by atoms with E-state index in [1.807, 2.05) is 0 Å². The Morgan fingerprint density at radius 3 is 2.34 bits per heavy atom. The number of nitrogen functional groups attached to an aromatic ring is 1. The number of esters is 3. The van der Waals surface area contributed by atoms with Gasteiger partial charge in [0.05, 0.1) is 36.6 Å². The molecule has 2 aromatic heterocycles. The van der Waals surface area contributed by atoms with Crippen molar-refractivity contribution in [2.75, 3.05) is 12.3 Å². The number of fused-ring (bicyclic) bond motifs is 1. The van der Waals surface area contributed by atoms with E-state index in [0.29, 0.717) is 11.8 Å². The largest absolute Gasteiger partial charge is 0.459 e. The number of carbonyl (C=O) groups is 4. The van der Waals surface area contributed by atoms with E-state index in [1.54, 1.807) is 52.0 Å². The van der Waals surface area contributed by atoms with Gasteiger partial charge in [0, 0.05) is 0 Å². The Morgan fingerprint density at radius 2 is 1.71 bits per heavy atom. The summed E-state index contributed by atoms with van der Waals surface area (Å²) in [5, 5.41) is 17.8. The lowest BCUT2D eigenvalue weighted by Gasteiger charge is -2.35. The maximum absolute atomic E-state index is 14.7. The molecule has 1 aliphatic heterocycles. The van der Waals surface area contributed by atoms with Crippen molar-refractivity contribution in [1.82, 2.24) is 19.7 Å². The summed E-state index contributed by atoms with van der Waals surface area (Å²) >= 11 is 0. The number of nitrogens with two attached hydrogens (primary N) is 1. The van der Waals surface area contributed by atoms with Crippen molar-refractivity contribution in [3.05, 3.63) is 54.5 Å². The summed E-state index contributed by atoms with van der Waals surface area (Å²) in [4.78, 5) is 56.6. The van der Waals surface area contributed by atoms with Crippen LogP contribution in [0.25, 0.3) is 5.52 Å². The number of aldehydes is 1. The first-order chi connectivity index (χ1) is 27.7. The molecular formula is C40H51N6O11P. The molecule has 6 atom stereocenters. The maximum atomic E-state index is 14.7. The second-order valence-electron chi connectivity index (χ2n) is 15.7. The molecule has 0 bridgehead atoms. The Morgan fingerprint density at radius 1 is 1.03 bits per heavy atom. The van der Waals surface area contributed by atoms with Crippen LogP contribution in [-0.2, 0) is 52.8 Å². The molecule has 17 nitrogen and oxygen atoms in total. The van der Waals surface area contributed by atoms with E-state index in [4.69, 9.17) is 33.7 Å². The van der Waals surface area contributed by atoms with E-state index in [9.17, 15) is 29.0 Å². The molecular weight excluding hydrogens is 771 g/mol. The number of aromatic nitrogens is 3. The number of nitriles is 1. The first-order valence-electron chi connectivity index (χ1n) is 19.8. The molecule has 312 valence electrons. The Bertz CT molecular complexity index is 2040. The van der Waals surface area contributed by atoms with Crippen molar-refractivity contribution in [1.29, 1.82) is 5.26 Å². The van der Waals surface area contributed by atoms with E-state index in [2.05, 4.69) is 21.2 Å². The SMILES string of the molecule is CC(C)C(=O)O[C@H]1[C@@H](OC(=O)C(C)C)[C@](C#N)(c2ccc3c(N)ncnn23)O[C@@H]1CO[P@](=O)(N[C@H](C=O)CC(=O)OC1(C2CCCC2)CCCC1)Oc1ccccc1. The fraction of sp³-hybridized carbons (Fsp3) is 0.575. The van der Waals surface area contributed by atoms with Gasteiger partial charge in [-0.25, -0.2) is 19.2 Å². The highest BCUT2D eigenvalue weighted by Gasteiger charge is 2.63. The summed E-state index contributed by atoms with van der Waals surface area (Å²) in [5.74, 6) is -2.98. The summed E-state index contributed by atoms with van der Waals surface area (Å²) in [6.07, 6.45) is 4.04. The molecule has 6 rings (SSSR count). The van der Waals surface area contributed by atoms with Crippen molar-refractivity contribution in [2.24, 2.45) is 17.8 Å². The van der Waals surface area contributed by atoms with Crippen LogP contribution in [-0.4, -0.2) is 75.4 Å². The minimum Gasteiger partial charge on any atom is -0.459 e. The Labute approximate surface area is 336 Å². The van der Waals surface area contributed by atoms with Crippen LogP contribution in [0, 0.1) is 29.1 Å². The highest BCUT2D eigenvalue weighted by atomic mass is 31.2. The predicted molar refractivity (Wildman–Crippen MR) is 206 cm³/mol. The Hall–Kier alpha value is -4.88. The molecule has 0 spiro atoms. The van der Waals surface area contributed by atoms with Crippen molar-refractivity contribution in [3.8, 4) is 11.8 Å². The topological polar surface area (TPSA) is 233 Å². The van der Waals surface area contributed by atoms with Crippen LogP contribution in [0.2, 0.25) is 0 Å². The van der Waals surface area contributed by atoms with Gasteiger partial charge in [0.25, 0.3) is 0 Å². The van der Waals surface area contributed by atoms with Crippen LogP contribution in [0.15, 0.2) is 48.8 Å². The summed E-state index contributed by atoms with van der Waals surface area (Å²) in [6, 6.07) is 11.8. The number of nitrogens with one attached hydrogen (secondary N) is 1. The van der Waals surface area contributed by atoms with E-state index in [-0.39, 0.29) is 23.2 Å². The Balaban J connectivity index is 1.32. The van der Waals surface area contributed by atoms with Crippen molar-refractivity contribution >= 4 is 43.3 Å². The van der Waals surface area contributed by atoms with Crippen LogP contribution in [0.1, 0.15) is 91.2 Å². The van der Waals surface area contributed by atoms with E-state index in [0.717, 1.165) is 51.4 Å². The van der Waals surface area contributed by atoms with E-state index < -0.39 is 86.1 Å². The normalized spacial score (nSPS) is 24.6. The first-order valence-corrected chi connectivity index (χ1v) is 21.3. The fourth-order valence-corrected chi connectivity index (χ4v) is 9.49. The zero-order valence-electron chi connectivity index (χ0n) is 33.1. The smallest absolute Gasteiger partial charge is 0.459 e. The number of benzene rings is 1. The van der Waals surface area contributed by atoms with Gasteiger partial charge in [-0.3, -0.25) is 18.9 Å². The third-order valence-corrected chi connectivity index (χ3v) is 12.6. The number of ether oxygens (including phenoxy) is 4. The number of hydrogen-bond donors (Lipinski definition) is 2. The molecule has 1 saturated heterocycles. The molecule has 3 fully saturated rings. The van der Waals surface area contributed by atoms with Gasteiger partial charge in [0.1, 0.15) is 41.7 Å². The molecule has 2 aliphatic carbocycles. The number of rotatable bonds is 17. The Kier molecular flexibility index (Phi) is 13.2. The van der Waals surface area contributed by atoms with Crippen LogP contribution in [0.3, 0.4) is 0 Å². The highest BCUT2D eigenvalue weighted by Crippen LogP contribution is 2.50. The first kappa shape index (κ1) is 42.7. The second-order valence-corrected chi connectivity index (χ2v) is 17.4. The van der Waals surface area contributed by atoms with Crippen LogP contribution >= 0.6 is 7.75 Å². The average molecular weight is 823 g/mol. The van der Waals surface area contributed by atoms with Crippen molar-refractivity contribution in [3.63, 3.8) is 0 Å². The molecule has 3 heterocycles. The standard InChI is InChI=1S/C40H51N6O11P/c1-25(2)37(49)53-34-31(55-40(23-41,35(34)54-38(50)26(3)4)32-17-16-30-36(42)43-24-44-46(30)32)22-52-58(51,57-29-14-6-5-7-15-29)45-28(21-47)20-33(48)56-39(18-10-11-19-39)27-12-8-9-13-27/h5-7,14-17,21,24-28,31,34-35H,8-13,18-20,22H2,1-4H3,(H,45,51)(H2,42,43,44)/t28-,31+,34+,35+,40-,58+/m0/s1. The van der Waals surface area contributed by atoms with Gasteiger partial charge in [0.15, 0.2) is 18.0 Å². The van der Waals surface area contributed by atoms with Crippen molar-refractivity contribution < 1.29 is 51.7 Å². The fourth-order valence-electron chi connectivity index (χ4n) is 8.01. The van der Waals surface area contributed by atoms with Crippen LogP contribution < -0.4 is 15.3 Å². The molecule has 0 radical (unpaired) electrons. The summed E-state index contributed by atoms with van der Waals surface area (Å²) < 4.78 is 52.4. The second kappa shape index (κ2) is 17.9. The van der Waals surface area contributed by atoms with Crippen molar-refractivity contribution in [2.45, 2.75) is 121 Å². The number of anilines is 1. The molecule has 0 amide bonds. The monoisotopic (exact) mass is 822 g/mol. The van der Waals surface area contributed by atoms with Gasteiger partial charge in [-0.1, -0.05) is 58.7 Å². The lowest BCUT2D eigenvalue weighted by atomic mass is 9.84. The van der Waals surface area contributed by atoms with Gasteiger partial charge < -0.3 is 34.0 Å². The lowest BCUT2D eigenvalue weighted by Crippen LogP contribution is -2.47. The third-order valence-electron chi connectivity index (χ3n) is 11.0. The molecule has 58 heavy (non-hydrogen) atoms. The quantitative estimate of drug-likeness (QED) is 0.0755. The number of para-hydroxylation sites is 1. The van der Waals surface area contributed by atoms with Gasteiger partial charge in [0.2, 0.25) is 5.60 Å². The summed E-state index contributed by atoms with van der Waals surface area (Å²) in [5.41, 5.74) is 3.69. The zero-order chi connectivity index (χ0) is 41.7. The lowest BCUT2D eigenvalue weighted by molar-refractivity contribution is -0.173. The molecule has 3 N–H and O–H groups in total. The molecule has 18 heteroatoms. The van der Waals surface area contributed by atoms with Crippen LogP contribution in [0.4, 0.5) is 5.82 Å². The number of carbonyl (C=O) groups excluding carboxylic acids is 4. The molecule has 0 unspecified atom stereocenters. The maximum Gasteiger partial charge on any atom is 0.459 e. The zero-order valence-corrected chi connectivity index (χ0v) is 34.0. The predicted octanol–water partition coefficient (Wildman–Crippen LogP) is 5.36. The highest BCUT2D eigenvalue weighted by molar-refractivity contribution is 7.52. The van der Waals surface area contributed by atoms with Gasteiger partial charge in [-0.15, -0.1) is 0 Å². The minimum atomic E-state index is -4.64. The average Bonchev–Trinajstić information content (AvgIpc) is 4.02. The number of hydrogen-bond acceptors (Lipinski definition) is 15. The third kappa shape index (κ3) is 9.05. The number of nitrogens with zero attached hydrogens (tertiary/aromatic N) is 4. The molecule has 1 aromatic carbocycles. The molecule has 3 aromatic rings. The van der Waals surface area contributed by atoms with Crippen LogP contribution in [0.5, 0.6) is 5.75 Å². The van der Waals surface area contributed by atoms with Gasteiger partial charge in [-0.2, -0.15) is 10.4 Å². The molecule has 2 saturated carbocycles. The summed E-state index contributed by atoms with van der Waals surface area (Å²) in [7, 11) is -4.64. The van der Waals surface area contributed by atoms with Gasteiger partial charge >= 0.3 is 25.7 Å². The summed E-state index contributed by atoms with van der Waals surface area (Å²) in [6.45, 7) is 5.66. The minimum absolute atomic E-state index is 0.0627. The van der Waals surface area contributed by atoms with E-state index in [1.165, 1.54) is 29.0 Å².